The molecule has 1 aliphatic rings. The van der Waals surface area contributed by atoms with Crippen LogP contribution in [0.2, 0.25) is 0 Å². The third kappa shape index (κ3) is 9.80. The average molecular weight is 646 g/mol. The lowest BCUT2D eigenvalue weighted by atomic mass is 9.71. The number of benzene rings is 4. The van der Waals surface area contributed by atoms with Gasteiger partial charge in [-0.2, -0.15) is 0 Å². The van der Waals surface area contributed by atoms with Crippen molar-refractivity contribution in [3.05, 3.63) is 144 Å². The fourth-order valence-electron chi connectivity index (χ4n) is 7.05. The second-order valence-electron chi connectivity index (χ2n) is 13.6. The van der Waals surface area contributed by atoms with Gasteiger partial charge in [0.2, 0.25) is 5.91 Å². The number of carbonyl (C=O) groups excluding carboxylic acids is 2. The molecule has 2 amide bonds. The Kier molecular flexibility index (Phi) is 12.8. The molecule has 1 atom stereocenters. The van der Waals surface area contributed by atoms with E-state index in [0.29, 0.717) is 18.9 Å². The third-order valence-electron chi connectivity index (χ3n) is 9.68. The first-order chi connectivity index (χ1) is 23.4. The number of amides is 2. The Labute approximate surface area is 286 Å². The molecule has 1 fully saturated rings. The first-order valence-corrected chi connectivity index (χ1v) is 17.6. The Balaban J connectivity index is 1.28. The van der Waals surface area contributed by atoms with Gasteiger partial charge in [-0.3, -0.25) is 4.79 Å². The first kappa shape index (κ1) is 34.9. The number of ether oxygens (including phenoxy) is 1. The number of alkyl carbamates (subject to hydrolysis) is 1. The van der Waals surface area contributed by atoms with Crippen molar-refractivity contribution in [2.24, 2.45) is 5.92 Å². The molecule has 5 rings (SSSR count). The molecule has 0 bridgehead atoms. The van der Waals surface area contributed by atoms with Gasteiger partial charge in [-0.1, -0.05) is 135 Å². The second-order valence-corrected chi connectivity index (χ2v) is 13.6. The molecular weight excluding hydrogens is 594 g/mol. The van der Waals surface area contributed by atoms with Crippen LogP contribution in [0.25, 0.3) is 0 Å². The van der Waals surface area contributed by atoms with Crippen molar-refractivity contribution in [1.29, 1.82) is 0 Å². The number of piperidine rings is 1. The summed E-state index contributed by atoms with van der Waals surface area (Å²) in [5.41, 5.74) is 4.27. The van der Waals surface area contributed by atoms with Crippen LogP contribution in [-0.4, -0.2) is 49.1 Å². The third-order valence-corrected chi connectivity index (χ3v) is 9.68. The topological polar surface area (TPSA) is 70.7 Å². The molecule has 0 saturated carbocycles. The van der Waals surface area contributed by atoms with Gasteiger partial charge in [0.05, 0.1) is 0 Å². The summed E-state index contributed by atoms with van der Waals surface area (Å²) in [5, 5.41) is 6.15. The molecule has 4 aromatic carbocycles. The van der Waals surface area contributed by atoms with Crippen LogP contribution in [0.3, 0.4) is 0 Å². The van der Waals surface area contributed by atoms with E-state index in [1.165, 1.54) is 29.5 Å². The molecule has 0 aromatic heterocycles. The van der Waals surface area contributed by atoms with Crippen molar-refractivity contribution in [1.82, 2.24) is 15.5 Å². The molecule has 1 aliphatic heterocycles. The summed E-state index contributed by atoms with van der Waals surface area (Å²) < 4.78 is 5.48. The predicted molar refractivity (Wildman–Crippen MR) is 194 cm³/mol. The Hall–Kier alpha value is -4.42. The van der Waals surface area contributed by atoms with Crippen molar-refractivity contribution in [2.45, 2.75) is 69.9 Å². The van der Waals surface area contributed by atoms with E-state index in [9.17, 15) is 9.59 Å². The van der Waals surface area contributed by atoms with Gasteiger partial charge >= 0.3 is 6.09 Å². The molecule has 1 heterocycles. The highest BCUT2D eigenvalue weighted by atomic mass is 16.5. The van der Waals surface area contributed by atoms with Crippen molar-refractivity contribution < 1.29 is 14.3 Å². The zero-order chi connectivity index (χ0) is 33.6. The van der Waals surface area contributed by atoms with Gasteiger partial charge in [-0.05, 0) is 85.8 Å². The monoisotopic (exact) mass is 645 g/mol. The maximum absolute atomic E-state index is 13.9. The van der Waals surface area contributed by atoms with Crippen molar-refractivity contribution in [2.75, 3.05) is 26.2 Å². The quantitative estimate of drug-likeness (QED) is 0.137. The minimum atomic E-state index is -0.705. The minimum absolute atomic E-state index is 0.151. The summed E-state index contributed by atoms with van der Waals surface area (Å²) in [4.78, 5) is 29.3. The highest BCUT2D eigenvalue weighted by Gasteiger charge is 2.36. The van der Waals surface area contributed by atoms with E-state index in [0.717, 1.165) is 38.0 Å². The highest BCUT2D eigenvalue weighted by molar-refractivity contribution is 5.85. The van der Waals surface area contributed by atoms with Crippen molar-refractivity contribution in [3.8, 4) is 0 Å². The number of likely N-dealkylation sites (tertiary alicyclic amines) is 1. The molecule has 6 heteroatoms. The molecule has 0 spiro atoms. The number of carbonyl (C=O) groups is 2. The van der Waals surface area contributed by atoms with Crippen LogP contribution in [0.5, 0.6) is 0 Å². The number of hydrogen-bond donors (Lipinski definition) is 2. The van der Waals surface area contributed by atoms with E-state index in [1.807, 2.05) is 42.5 Å². The first-order valence-electron chi connectivity index (χ1n) is 17.6. The number of nitrogens with zero attached hydrogens (tertiary/aromatic N) is 1. The van der Waals surface area contributed by atoms with Gasteiger partial charge in [-0.15, -0.1) is 0 Å². The molecule has 2 N–H and O–H groups in total. The molecular formula is C42H51N3O3. The fraction of sp³-hybridized carbons (Fsp3) is 0.381. The van der Waals surface area contributed by atoms with E-state index in [-0.39, 0.29) is 18.4 Å². The Morgan fingerprint density at radius 3 is 1.90 bits per heavy atom. The Morgan fingerprint density at radius 2 is 1.33 bits per heavy atom. The average Bonchev–Trinajstić information content (AvgIpc) is 3.13. The summed E-state index contributed by atoms with van der Waals surface area (Å²) in [5.74, 6) is 0.641. The summed E-state index contributed by atoms with van der Waals surface area (Å²) in [7, 11) is 0. The van der Waals surface area contributed by atoms with E-state index >= 15 is 0 Å². The van der Waals surface area contributed by atoms with Gasteiger partial charge in [0.25, 0.3) is 0 Å². The normalized spacial score (nSPS) is 14.7. The predicted octanol–water partition coefficient (Wildman–Crippen LogP) is 8.09. The van der Waals surface area contributed by atoms with Crippen LogP contribution in [0, 0.1) is 5.92 Å². The van der Waals surface area contributed by atoms with Gasteiger partial charge in [0.15, 0.2) is 0 Å². The van der Waals surface area contributed by atoms with E-state index in [1.54, 1.807) is 0 Å². The molecule has 48 heavy (non-hydrogen) atoms. The van der Waals surface area contributed by atoms with Gasteiger partial charge in [-0.25, -0.2) is 4.79 Å². The smallest absolute Gasteiger partial charge is 0.408 e. The van der Waals surface area contributed by atoms with E-state index in [4.69, 9.17) is 4.74 Å². The summed E-state index contributed by atoms with van der Waals surface area (Å²) in [6.07, 6.45) is 4.15. The van der Waals surface area contributed by atoms with Gasteiger partial charge in [0, 0.05) is 12.0 Å². The summed E-state index contributed by atoms with van der Waals surface area (Å²) >= 11 is 0. The molecule has 1 saturated heterocycles. The largest absolute Gasteiger partial charge is 0.445 e. The van der Waals surface area contributed by atoms with Crippen LogP contribution in [0.1, 0.15) is 74.1 Å². The lowest BCUT2D eigenvalue weighted by molar-refractivity contribution is -0.123. The number of nitrogens with one attached hydrogen (secondary N) is 2. The minimum Gasteiger partial charge on any atom is -0.445 e. The second kappa shape index (κ2) is 17.7. The Bertz CT molecular complexity index is 1480. The van der Waals surface area contributed by atoms with Gasteiger partial charge < -0.3 is 20.3 Å². The zero-order valence-corrected chi connectivity index (χ0v) is 28.5. The molecule has 252 valence electrons. The maximum Gasteiger partial charge on any atom is 0.408 e. The fourth-order valence-corrected chi connectivity index (χ4v) is 7.05. The lowest BCUT2D eigenvalue weighted by Crippen LogP contribution is -2.51. The van der Waals surface area contributed by atoms with Crippen LogP contribution >= 0.6 is 0 Å². The molecule has 4 aromatic rings. The molecule has 0 radical (unpaired) electrons. The maximum atomic E-state index is 13.9. The number of rotatable bonds is 15. The van der Waals surface area contributed by atoms with E-state index < -0.39 is 17.6 Å². The highest BCUT2D eigenvalue weighted by Crippen LogP contribution is 2.37. The SMILES string of the molecule is CC(C)C[C@H](NC(=O)OCc1ccccc1)C(=O)NCC(CCCN1CCC(c2ccccc2)CC1)(c1ccccc1)c1ccccc1. The van der Waals surface area contributed by atoms with Crippen LogP contribution < -0.4 is 10.6 Å². The van der Waals surface area contributed by atoms with Crippen molar-refractivity contribution in [3.63, 3.8) is 0 Å². The zero-order valence-electron chi connectivity index (χ0n) is 28.5. The Morgan fingerprint density at radius 1 is 0.792 bits per heavy atom. The number of hydrogen-bond acceptors (Lipinski definition) is 4. The molecule has 6 nitrogen and oxygen atoms in total. The van der Waals surface area contributed by atoms with Crippen LogP contribution in [0.15, 0.2) is 121 Å². The summed E-state index contributed by atoms with van der Waals surface area (Å²) in [6.45, 7) is 7.90. The standard InChI is InChI=1S/C42H51N3O3/c1-33(2)30-39(44-41(47)48-31-34-16-7-3-8-17-34)40(46)43-32-42(37-20-11-5-12-21-37,38-22-13-6-14-23-38)26-15-27-45-28-24-36(25-29-45)35-18-9-4-10-19-35/h3-14,16-23,33,36,39H,15,24-32H2,1-2H3,(H,43,46)(H,44,47)/t39-/m0/s1. The van der Waals surface area contributed by atoms with Crippen LogP contribution in [0.4, 0.5) is 4.79 Å². The lowest BCUT2D eigenvalue weighted by Gasteiger charge is -2.38. The van der Waals surface area contributed by atoms with Crippen LogP contribution in [-0.2, 0) is 21.6 Å². The molecule has 0 aliphatic carbocycles. The summed E-state index contributed by atoms with van der Waals surface area (Å²) in [6, 6.07) is 40.9. The van der Waals surface area contributed by atoms with E-state index in [2.05, 4.69) is 108 Å². The molecule has 0 unspecified atom stereocenters. The van der Waals surface area contributed by atoms with Gasteiger partial charge in [0.1, 0.15) is 12.6 Å². The van der Waals surface area contributed by atoms with Crippen molar-refractivity contribution >= 4 is 12.0 Å².